The molecule has 0 fully saturated rings. The standard InChI is InChI=1S/C20H31N5O11S/c1-9(26)22-12(7-15(28)29)19(34)23-10(3-4-14(21)27)17(32)24-11(5-6-37-2)18(33)25-13(20(35)36)8-16(30)31/h10-13H,3-8H2,1-2H3,(H2,21,27)(H,22,26)(H,23,34)(H,24,32)(H,25,33)(H,28,29)(H,30,31)(H,35,36)/t10-,11-,12-,13-/m0/s1. The summed E-state index contributed by atoms with van der Waals surface area (Å²) in [7, 11) is 0. The van der Waals surface area contributed by atoms with Crippen LogP contribution in [0.5, 0.6) is 0 Å². The molecular formula is C20H31N5O11S. The molecule has 0 aromatic heterocycles. The summed E-state index contributed by atoms with van der Waals surface area (Å²) in [5.41, 5.74) is 5.11. The average Bonchev–Trinajstić information content (AvgIpc) is 2.76. The highest BCUT2D eigenvalue weighted by molar-refractivity contribution is 7.98. The van der Waals surface area contributed by atoms with E-state index < -0.39 is 84.5 Å². The topological polar surface area (TPSA) is 271 Å². The Kier molecular flexibility index (Phi) is 15.0. The number of aliphatic carboxylic acids is 3. The number of rotatable bonds is 18. The van der Waals surface area contributed by atoms with Gasteiger partial charge in [-0.1, -0.05) is 0 Å². The number of carboxylic acid groups (broad SMARTS) is 3. The van der Waals surface area contributed by atoms with Gasteiger partial charge in [0.2, 0.25) is 29.5 Å². The van der Waals surface area contributed by atoms with Gasteiger partial charge in [0.15, 0.2) is 0 Å². The van der Waals surface area contributed by atoms with Gasteiger partial charge in [0, 0.05) is 13.3 Å². The summed E-state index contributed by atoms with van der Waals surface area (Å²) in [5.74, 6) is -8.79. The fourth-order valence-electron chi connectivity index (χ4n) is 2.88. The number of hydrogen-bond donors (Lipinski definition) is 8. The van der Waals surface area contributed by atoms with Gasteiger partial charge >= 0.3 is 17.9 Å². The number of hydrogen-bond acceptors (Lipinski definition) is 9. The van der Waals surface area contributed by atoms with Gasteiger partial charge in [-0.05, 0) is 24.9 Å². The number of primary amides is 1. The minimum absolute atomic E-state index is 0.0117. The molecule has 0 aromatic carbocycles. The smallest absolute Gasteiger partial charge is 0.326 e. The molecule has 0 unspecified atom stereocenters. The van der Waals surface area contributed by atoms with Gasteiger partial charge in [-0.15, -0.1) is 0 Å². The van der Waals surface area contributed by atoms with Crippen LogP contribution in [0.3, 0.4) is 0 Å². The van der Waals surface area contributed by atoms with E-state index in [1.54, 1.807) is 6.26 Å². The Bertz CT molecular complexity index is 882. The maximum atomic E-state index is 13.0. The fraction of sp³-hybridized carbons (Fsp3) is 0.600. The van der Waals surface area contributed by atoms with Crippen molar-refractivity contribution in [1.29, 1.82) is 0 Å². The molecule has 37 heavy (non-hydrogen) atoms. The van der Waals surface area contributed by atoms with E-state index in [-0.39, 0.29) is 19.3 Å². The summed E-state index contributed by atoms with van der Waals surface area (Å²) in [6.45, 7) is 1.04. The van der Waals surface area contributed by atoms with E-state index in [1.807, 2.05) is 5.32 Å². The second-order valence-electron chi connectivity index (χ2n) is 7.76. The highest BCUT2D eigenvalue weighted by atomic mass is 32.2. The van der Waals surface area contributed by atoms with Crippen LogP contribution in [0.2, 0.25) is 0 Å². The van der Waals surface area contributed by atoms with Crippen molar-refractivity contribution in [2.24, 2.45) is 5.73 Å². The van der Waals surface area contributed by atoms with E-state index in [4.69, 9.17) is 21.1 Å². The second kappa shape index (κ2) is 16.7. The minimum Gasteiger partial charge on any atom is -0.481 e. The first-order chi connectivity index (χ1) is 17.2. The lowest BCUT2D eigenvalue weighted by atomic mass is 10.1. The molecule has 16 nitrogen and oxygen atoms in total. The molecule has 0 aromatic rings. The monoisotopic (exact) mass is 549 g/mol. The third kappa shape index (κ3) is 14.3. The van der Waals surface area contributed by atoms with Gasteiger partial charge in [-0.3, -0.25) is 33.6 Å². The highest BCUT2D eigenvalue weighted by Crippen LogP contribution is 2.06. The molecule has 0 heterocycles. The van der Waals surface area contributed by atoms with Crippen molar-refractivity contribution in [1.82, 2.24) is 21.3 Å². The normalized spacial score (nSPS) is 13.7. The van der Waals surface area contributed by atoms with Crippen LogP contribution >= 0.6 is 11.8 Å². The molecule has 5 amide bonds. The lowest BCUT2D eigenvalue weighted by Gasteiger charge is -2.25. The Morgan fingerprint density at radius 2 is 1.14 bits per heavy atom. The molecule has 208 valence electrons. The first kappa shape index (κ1) is 33.1. The molecule has 0 rings (SSSR count). The largest absolute Gasteiger partial charge is 0.481 e. The third-order valence-electron chi connectivity index (χ3n) is 4.62. The van der Waals surface area contributed by atoms with Crippen LogP contribution in [0.4, 0.5) is 0 Å². The molecule has 0 saturated heterocycles. The zero-order chi connectivity index (χ0) is 28.7. The number of carboxylic acids is 3. The summed E-state index contributed by atoms with van der Waals surface area (Å²) in [5, 5.41) is 35.7. The SMILES string of the molecule is CSCC[C@H](NC(=O)[C@H](CCC(N)=O)NC(=O)[C@H](CC(=O)O)NC(C)=O)C(=O)N[C@@H](CC(=O)O)C(=O)O. The van der Waals surface area contributed by atoms with Crippen LogP contribution in [0.15, 0.2) is 0 Å². The maximum absolute atomic E-state index is 13.0. The fourth-order valence-corrected chi connectivity index (χ4v) is 3.35. The number of nitrogens with two attached hydrogens (primary N) is 1. The van der Waals surface area contributed by atoms with E-state index in [2.05, 4.69) is 16.0 Å². The molecule has 0 bridgehead atoms. The van der Waals surface area contributed by atoms with Crippen LogP contribution in [-0.4, -0.2) is 98.9 Å². The van der Waals surface area contributed by atoms with Crippen molar-refractivity contribution in [3.8, 4) is 0 Å². The summed E-state index contributed by atoms with van der Waals surface area (Å²) < 4.78 is 0. The highest BCUT2D eigenvalue weighted by Gasteiger charge is 2.32. The van der Waals surface area contributed by atoms with Crippen LogP contribution in [-0.2, 0) is 38.4 Å². The molecule has 0 aliphatic carbocycles. The predicted octanol–water partition coefficient (Wildman–Crippen LogP) is -3.00. The summed E-state index contributed by atoms with van der Waals surface area (Å²) in [4.78, 5) is 94.1. The van der Waals surface area contributed by atoms with Crippen molar-refractivity contribution >= 4 is 59.2 Å². The van der Waals surface area contributed by atoms with Crippen molar-refractivity contribution in [2.75, 3.05) is 12.0 Å². The van der Waals surface area contributed by atoms with Crippen LogP contribution in [0, 0.1) is 0 Å². The third-order valence-corrected chi connectivity index (χ3v) is 5.27. The first-order valence-corrected chi connectivity index (χ1v) is 12.2. The van der Waals surface area contributed by atoms with Crippen molar-refractivity contribution in [3.63, 3.8) is 0 Å². The van der Waals surface area contributed by atoms with E-state index in [1.165, 1.54) is 11.8 Å². The lowest BCUT2D eigenvalue weighted by Crippen LogP contribution is -2.58. The van der Waals surface area contributed by atoms with Gasteiger partial charge in [0.05, 0.1) is 12.8 Å². The van der Waals surface area contributed by atoms with Gasteiger partial charge in [0.1, 0.15) is 24.2 Å². The van der Waals surface area contributed by atoms with E-state index in [0.29, 0.717) is 5.75 Å². The molecule has 0 spiro atoms. The Morgan fingerprint density at radius 1 is 0.703 bits per heavy atom. The Morgan fingerprint density at radius 3 is 1.54 bits per heavy atom. The van der Waals surface area contributed by atoms with Crippen molar-refractivity contribution in [3.05, 3.63) is 0 Å². The van der Waals surface area contributed by atoms with Crippen molar-refractivity contribution < 1.29 is 53.7 Å². The van der Waals surface area contributed by atoms with Crippen LogP contribution < -0.4 is 27.0 Å². The summed E-state index contributed by atoms with van der Waals surface area (Å²) in [6, 6.07) is -6.18. The van der Waals surface area contributed by atoms with Crippen LogP contribution in [0.25, 0.3) is 0 Å². The first-order valence-electron chi connectivity index (χ1n) is 10.8. The Labute approximate surface area is 215 Å². The molecule has 0 radical (unpaired) electrons. The Balaban J connectivity index is 5.78. The molecular weight excluding hydrogens is 518 g/mol. The number of thioether (sulfide) groups is 1. The molecule has 4 atom stereocenters. The predicted molar refractivity (Wildman–Crippen MR) is 127 cm³/mol. The summed E-state index contributed by atoms with van der Waals surface area (Å²) >= 11 is 1.29. The quantitative estimate of drug-likeness (QED) is 0.0849. The van der Waals surface area contributed by atoms with Gasteiger partial charge < -0.3 is 42.3 Å². The lowest BCUT2D eigenvalue weighted by molar-refractivity contribution is -0.147. The summed E-state index contributed by atoms with van der Waals surface area (Å²) in [6.07, 6.45) is -0.780. The zero-order valence-corrected chi connectivity index (χ0v) is 21.0. The average molecular weight is 550 g/mol. The van der Waals surface area contributed by atoms with Gasteiger partial charge in [0.25, 0.3) is 0 Å². The number of carbonyl (C=O) groups excluding carboxylic acids is 5. The maximum Gasteiger partial charge on any atom is 0.326 e. The van der Waals surface area contributed by atoms with Crippen LogP contribution in [0.1, 0.15) is 39.0 Å². The Hall–Kier alpha value is -3.89. The zero-order valence-electron chi connectivity index (χ0n) is 20.1. The second-order valence-corrected chi connectivity index (χ2v) is 8.74. The minimum atomic E-state index is -1.78. The van der Waals surface area contributed by atoms with Gasteiger partial charge in [-0.25, -0.2) is 4.79 Å². The van der Waals surface area contributed by atoms with E-state index in [9.17, 15) is 38.4 Å². The number of carbonyl (C=O) groups is 8. The molecule has 0 aliphatic heterocycles. The number of nitrogens with one attached hydrogen (secondary N) is 4. The molecule has 9 N–H and O–H groups in total. The van der Waals surface area contributed by atoms with Gasteiger partial charge in [-0.2, -0.15) is 11.8 Å². The van der Waals surface area contributed by atoms with E-state index in [0.717, 1.165) is 6.92 Å². The molecule has 17 heteroatoms. The number of amides is 5. The molecule has 0 saturated carbocycles. The van der Waals surface area contributed by atoms with E-state index >= 15 is 0 Å². The molecule has 0 aliphatic rings. The van der Waals surface area contributed by atoms with Crippen molar-refractivity contribution in [2.45, 2.75) is 63.2 Å².